The summed E-state index contributed by atoms with van der Waals surface area (Å²) in [6, 6.07) is 4.91. The maximum absolute atomic E-state index is 12.2. The van der Waals surface area contributed by atoms with Crippen LogP contribution in [0.25, 0.3) is 0 Å². The second-order valence-electron chi connectivity index (χ2n) is 7.17. The number of carbonyl (C=O) groups is 2. The van der Waals surface area contributed by atoms with Gasteiger partial charge in [0, 0.05) is 26.1 Å². The third-order valence-corrected chi connectivity index (χ3v) is 5.01. The van der Waals surface area contributed by atoms with E-state index in [0.717, 1.165) is 11.1 Å². The standard InChI is InChI=1S/C18H29N3O5S/c1-13-6-7-15(12-14(13)2)27(24,25)21-11-10-19-16(22)8-9-20-17(23)26-18(3,4)5/h6-7,12,21H,8-11H2,1-5H3,(H,19,22)(H,20,23). The lowest BCUT2D eigenvalue weighted by Gasteiger charge is -2.19. The highest BCUT2D eigenvalue weighted by Gasteiger charge is 2.16. The highest BCUT2D eigenvalue weighted by atomic mass is 32.2. The maximum atomic E-state index is 12.2. The van der Waals surface area contributed by atoms with E-state index in [1.807, 2.05) is 13.8 Å². The SMILES string of the molecule is Cc1ccc(S(=O)(=O)NCCNC(=O)CCNC(=O)OC(C)(C)C)cc1C. The summed E-state index contributed by atoms with van der Waals surface area (Å²) in [5, 5.41) is 5.07. The molecule has 0 aliphatic rings. The van der Waals surface area contributed by atoms with Crippen LogP contribution in [0.5, 0.6) is 0 Å². The van der Waals surface area contributed by atoms with Gasteiger partial charge in [-0.05, 0) is 57.9 Å². The molecule has 0 radical (unpaired) electrons. The Labute approximate surface area is 161 Å². The first-order valence-corrected chi connectivity index (χ1v) is 10.2. The minimum Gasteiger partial charge on any atom is -0.444 e. The lowest BCUT2D eigenvalue weighted by Crippen LogP contribution is -2.37. The molecule has 9 heteroatoms. The predicted octanol–water partition coefficient (Wildman–Crippen LogP) is 1.61. The Kier molecular flexibility index (Phi) is 8.23. The van der Waals surface area contributed by atoms with Crippen LogP contribution in [0.3, 0.4) is 0 Å². The number of amides is 2. The minimum absolute atomic E-state index is 0.0699. The van der Waals surface area contributed by atoms with Gasteiger partial charge in [0.15, 0.2) is 0 Å². The molecule has 152 valence electrons. The van der Waals surface area contributed by atoms with Gasteiger partial charge in [0.1, 0.15) is 5.60 Å². The summed E-state index contributed by atoms with van der Waals surface area (Å²) >= 11 is 0. The van der Waals surface area contributed by atoms with Gasteiger partial charge in [0.05, 0.1) is 4.90 Å². The van der Waals surface area contributed by atoms with E-state index in [1.165, 1.54) is 0 Å². The topological polar surface area (TPSA) is 114 Å². The molecule has 0 unspecified atom stereocenters. The van der Waals surface area contributed by atoms with Crippen molar-refractivity contribution in [2.75, 3.05) is 19.6 Å². The van der Waals surface area contributed by atoms with Crippen LogP contribution in [0, 0.1) is 13.8 Å². The van der Waals surface area contributed by atoms with Crippen LogP contribution in [-0.2, 0) is 19.6 Å². The molecule has 0 saturated heterocycles. The number of hydrogen-bond donors (Lipinski definition) is 3. The molecule has 8 nitrogen and oxygen atoms in total. The molecule has 27 heavy (non-hydrogen) atoms. The summed E-state index contributed by atoms with van der Waals surface area (Å²) in [4.78, 5) is 23.3. The van der Waals surface area contributed by atoms with Crippen molar-refractivity contribution in [3.8, 4) is 0 Å². The van der Waals surface area contributed by atoms with Crippen LogP contribution >= 0.6 is 0 Å². The van der Waals surface area contributed by atoms with Crippen LogP contribution in [-0.4, -0.2) is 45.7 Å². The number of hydrogen-bond acceptors (Lipinski definition) is 5. The van der Waals surface area contributed by atoms with Crippen LogP contribution in [0.15, 0.2) is 23.1 Å². The van der Waals surface area contributed by atoms with Crippen LogP contribution in [0.4, 0.5) is 4.79 Å². The monoisotopic (exact) mass is 399 g/mol. The molecule has 2 amide bonds. The van der Waals surface area contributed by atoms with Crippen molar-refractivity contribution in [1.82, 2.24) is 15.4 Å². The van der Waals surface area contributed by atoms with E-state index < -0.39 is 21.7 Å². The van der Waals surface area contributed by atoms with Crippen LogP contribution in [0.1, 0.15) is 38.3 Å². The fourth-order valence-corrected chi connectivity index (χ4v) is 3.15. The van der Waals surface area contributed by atoms with Gasteiger partial charge in [-0.1, -0.05) is 6.07 Å². The maximum Gasteiger partial charge on any atom is 0.407 e. The summed E-state index contributed by atoms with van der Waals surface area (Å²) in [6.07, 6.45) is -0.514. The molecule has 0 aliphatic carbocycles. The van der Waals surface area contributed by atoms with Gasteiger partial charge < -0.3 is 15.4 Å². The second kappa shape index (κ2) is 9.70. The number of nitrogens with one attached hydrogen (secondary N) is 3. The van der Waals surface area contributed by atoms with E-state index in [4.69, 9.17) is 4.74 Å². The number of alkyl carbamates (subject to hydrolysis) is 1. The summed E-state index contributed by atoms with van der Waals surface area (Å²) < 4.78 is 31.9. The number of aryl methyl sites for hydroxylation is 2. The van der Waals surface area contributed by atoms with E-state index in [9.17, 15) is 18.0 Å². The summed E-state index contributed by atoms with van der Waals surface area (Å²) in [6.45, 7) is 9.35. The Bertz CT molecular complexity index is 770. The largest absolute Gasteiger partial charge is 0.444 e. The molecule has 0 aromatic heterocycles. The van der Waals surface area contributed by atoms with Crippen LogP contribution in [0.2, 0.25) is 0 Å². The predicted molar refractivity (Wildman–Crippen MR) is 103 cm³/mol. The first kappa shape index (κ1) is 22.9. The molecular weight excluding hydrogens is 370 g/mol. The van der Waals surface area contributed by atoms with Crippen LogP contribution < -0.4 is 15.4 Å². The zero-order valence-electron chi connectivity index (χ0n) is 16.5. The van der Waals surface area contributed by atoms with Crippen molar-refractivity contribution < 1.29 is 22.7 Å². The highest BCUT2D eigenvalue weighted by molar-refractivity contribution is 7.89. The quantitative estimate of drug-likeness (QED) is 0.575. The van der Waals surface area contributed by atoms with E-state index in [2.05, 4.69) is 15.4 Å². The molecule has 1 aromatic rings. The van der Waals surface area contributed by atoms with Gasteiger partial charge >= 0.3 is 6.09 Å². The van der Waals surface area contributed by atoms with Crippen molar-refractivity contribution in [2.24, 2.45) is 0 Å². The molecule has 0 bridgehead atoms. The van der Waals surface area contributed by atoms with E-state index in [1.54, 1.807) is 39.0 Å². The van der Waals surface area contributed by atoms with Gasteiger partial charge in [0.25, 0.3) is 0 Å². The Balaban J connectivity index is 2.29. The first-order valence-electron chi connectivity index (χ1n) is 8.71. The molecule has 0 saturated carbocycles. The fourth-order valence-electron chi connectivity index (χ4n) is 2.03. The molecule has 1 aromatic carbocycles. The van der Waals surface area contributed by atoms with Gasteiger partial charge in [-0.25, -0.2) is 17.9 Å². The third kappa shape index (κ3) is 8.87. The number of ether oxygens (including phenoxy) is 1. The van der Waals surface area contributed by atoms with Crippen molar-refractivity contribution >= 4 is 22.0 Å². The summed E-state index contributed by atoms with van der Waals surface area (Å²) in [7, 11) is -3.62. The van der Waals surface area contributed by atoms with Gasteiger partial charge in [0.2, 0.25) is 15.9 Å². The smallest absolute Gasteiger partial charge is 0.407 e. The second-order valence-corrected chi connectivity index (χ2v) is 8.94. The van der Waals surface area contributed by atoms with Gasteiger partial charge in [-0.15, -0.1) is 0 Å². The summed E-state index contributed by atoms with van der Waals surface area (Å²) in [5.74, 6) is -0.295. The third-order valence-electron chi connectivity index (χ3n) is 3.55. The number of benzene rings is 1. The highest BCUT2D eigenvalue weighted by Crippen LogP contribution is 2.14. The van der Waals surface area contributed by atoms with Crippen molar-refractivity contribution in [3.63, 3.8) is 0 Å². The molecule has 1 rings (SSSR count). The van der Waals surface area contributed by atoms with Gasteiger partial charge in [-0.2, -0.15) is 0 Å². The number of rotatable bonds is 8. The van der Waals surface area contributed by atoms with Crippen molar-refractivity contribution in [2.45, 2.75) is 51.5 Å². The van der Waals surface area contributed by atoms with Crippen molar-refractivity contribution in [3.05, 3.63) is 29.3 Å². The molecule has 0 atom stereocenters. The van der Waals surface area contributed by atoms with Gasteiger partial charge in [-0.3, -0.25) is 4.79 Å². The summed E-state index contributed by atoms with van der Waals surface area (Å²) in [5.41, 5.74) is 1.31. The van der Waals surface area contributed by atoms with E-state index >= 15 is 0 Å². The molecule has 0 aliphatic heterocycles. The Morgan fingerprint density at radius 1 is 1.00 bits per heavy atom. The lowest BCUT2D eigenvalue weighted by atomic mass is 10.1. The van der Waals surface area contributed by atoms with E-state index in [-0.39, 0.29) is 36.9 Å². The molecule has 3 N–H and O–H groups in total. The Morgan fingerprint density at radius 2 is 1.67 bits per heavy atom. The average Bonchev–Trinajstić information content (AvgIpc) is 2.52. The number of carbonyl (C=O) groups excluding carboxylic acids is 2. The number of sulfonamides is 1. The molecule has 0 fully saturated rings. The zero-order valence-corrected chi connectivity index (χ0v) is 17.3. The normalized spacial score (nSPS) is 11.7. The fraction of sp³-hybridized carbons (Fsp3) is 0.556. The van der Waals surface area contributed by atoms with E-state index in [0.29, 0.717) is 0 Å². The Hall–Kier alpha value is -2.13. The zero-order chi connectivity index (χ0) is 20.7. The molecule has 0 heterocycles. The molecular formula is C18H29N3O5S. The Morgan fingerprint density at radius 3 is 2.26 bits per heavy atom. The van der Waals surface area contributed by atoms with Crippen molar-refractivity contribution in [1.29, 1.82) is 0 Å². The average molecular weight is 400 g/mol. The lowest BCUT2D eigenvalue weighted by molar-refractivity contribution is -0.120. The first-order chi connectivity index (χ1) is 12.4. The minimum atomic E-state index is -3.62. The molecule has 0 spiro atoms.